The van der Waals surface area contributed by atoms with E-state index in [0.29, 0.717) is 13.0 Å². The molecule has 0 aromatic rings. The highest BCUT2D eigenvalue weighted by Crippen LogP contribution is 2.10. The second-order valence-corrected chi connectivity index (χ2v) is 5.23. The zero-order valence-corrected chi connectivity index (χ0v) is 12.8. The maximum Gasteiger partial charge on any atom is 0.305 e. The van der Waals surface area contributed by atoms with E-state index in [2.05, 4.69) is 13.5 Å². The minimum absolute atomic E-state index is 0.0120. The second kappa shape index (κ2) is 15.3. The van der Waals surface area contributed by atoms with Crippen LogP contribution in [0.1, 0.15) is 84.0 Å². The quantitative estimate of drug-likeness (QED) is 0.239. The highest BCUT2D eigenvalue weighted by molar-refractivity contribution is 5.69. The maximum absolute atomic E-state index is 11.4. The van der Waals surface area contributed by atoms with Crippen LogP contribution < -0.4 is 0 Å². The number of rotatable bonds is 14. The normalized spacial score (nSPS) is 10.4. The fourth-order valence-electron chi connectivity index (χ4n) is 2.05. The first-order valence-electron chi connectivity index (χ1n) is 8.07. The molecule has 0 radical (unpaired) electrons. The Morgan fingerprint density at radius 1 is 0.947 bits per heavy atom. The zero-order chi connectivity index (χ0) is 14.2. The van der Waals surface area contributed by atoms with Crippen molar-refractivity contribution in [2.24, 2.45) is 0 Å². The molecule has 0 aliphatic carbocycles. The van der Waals surface area contributed by atoms with Gasteiger partial charge in [-0.2, -0.15) is 0 Å². The minimum atomic E-state index is -0.0120. The third-order valence-corrected chi connectivity index (χ3v) is 3.30. The molecule has 0 aromatic carbocycles. The summed E-state index contributed by atoms with van der Waals surface area (Å²) >= 11 is 0. The van der Waals surface area contributed by atoms with Crippen LogP contribution in [0.3, 0.4) is 0 Å². The lowest BCUT2D eigenvalue weighted by Gasteiger charge is -2.04. The highest BCUT2D eigenvalue weighted by atomic mass is 16.5. The Morgan fingerprint density at radius 3 is 2.21 bits per heavy atom. The van der Waals surface area contributed by atoms with Crippen molar-refractivity contribution in [1.82, 2.24) is 0 Å². The number of carbonyl (C=O) groups is 1. The van der Waals surface area contributed by atoms with Gasteiger partial charge in [-0.3, -0.25) is 4.79 Å². The lowest BCUT2D eigenvalue weighted by atomic mass is 10.1. The Balaban J connectivity index is 3.12. The molecule has 0 N–H and O–H groups in total. The molecule has 0 aromatic heterocycles. The van der Waals surface area contributed by atoms with E-state index in [-0.39, 0.29) is 5.97 Å². The molecule has 19 heavy (non-hydrogen) atoms. The monoisotopic (exact) mass is 268 g/mol. The van der Waals surface area contributed by atoms with Crippen molar-refractivity contribution < 1.29 is 9.53 Å². The first-order chi connectivity index (χ1) is 9.31. The predicted molar refractivity (Wildman–Crippen MR) is 82.2 cm³/mol. The SMILES string of the molecule is C=CCCCCCCCCCC(=O)OCCCCC. The van der Waals surface area contributed by atoms with Crippen LogP contribution >= 0.6 is 0 Å². The third-order valence-electron chi connectivity index (χ3n) is 3.30. The molecule has 0 aliphatic rings. The summed E-state index contributed by atoms with van der Waals surface area (Å²) in [4.78, 5) is 11.4. The van der Waals surface area contributed by atoms with E-state index >= 15 is 0 Å². The van der Waals surface area contributed by atoms with E-state index in [9.17, 15) is 4.79 Å². The fourth-order valence-corrected chi connectivity index (χ4v) is 2.05. The number of unbranched alkanes of at least 4 members (excludes halogenated alkanes) is 9. The summed E-state index contributed by atoms with van der Waals surface area (Å²) in [6.07, 6.45) is 15.6. The first-order valence-corrected chi connectivity index (χ1v) is 8.07. The number of hydrogen-bond donors (Lipinski definition) is 0. The van der Waals surface area contributed by atoms with Gasteiger partial charge < -0.3 is 4.74 Å². The molecule has 0 rings (SSSR count). The van der Waals surface area contributed by atoms with Gasteiger partial charge in [0.1, 0.15) is 0 Å². The van der Waals surface area contributed by atoms with Crippen LogP contribution in [0.5, 0.6) is 0 Å². The van der Waals surface area contributed by atoms with E-state index in [1.807, 2.05) is 6.08 Å². The fraction of sp³-hybridized carbons (Fsp3) is 0.824. The average molecular weight is 268 g/mol. The molecule has 0 unspecified atom stereocenters. The van der Waals surface area contributed by atoms with Gasteiger partial charge in [0.15, 0.2) is 0 Å². The second-order valence-electron chi connectivity index (χ2n) is 5.23. The van der Waals surface area contributed by atoms with Crippen molar-refractivity contribution in [1.29, 1.82) is 0 Å². The number of carbonyl (C=O) groups excluding carboxylic acids is 1. The number of allylic oxidation sites excluding steroid dienone is 1. The van der Waals surface area contributed by atoms with Crippen molar-refractivity contribution in [3.8, 4) is 0 Å². The van der Waals surface area contributed by atoms with Crippen molar-refractivity contribution in [3.63, 3.8) is 0 Å². The smallest absolute Gasteiger partial charge is 0.305 e. The van der Waals surface area contributed by atoms with Gasteiger partial charge in [0.25, 0.3) is 0 Å². The van der Waals surface area contributed by atoms with Crippen molar-refractivity contribution in [2.75, 3.05) is 6.61 Å². The summed E-state index contributed by atoms with van der Waals surface area (Å²) in [5.41, 5.74) is 0. The first kappa shape index (κ1) is 18.2. The van der Waals surface area contributed by atoms with Crippen molar-refractivity contribution in [2.45, 2.75) is 84.0 Å². The van der Waals surface area contributed by atoms with E-state index in [4.69, 9.17) is 4.74 Å². The Kier molecular flexibility index (Phi) is 14.6. The molecule has 0 saturated carbocycles. The van der Waals surface area contributed by atoms with E-state index in [1.54, 1.807) is 0 Å². The Hall–Kier alpha value is -0.790. The molecular formula is C17H32O2. The van der Waals surface area contributed by atoms with Gasteiger partial charge in [-0.1, -0.05) is 57.9 Å². The Labute approximate surface area is 119 Å². The molecule has 0 bridgehead atoms. The van der Waals surface area contributed by atoms with Crippen LogP contribution in [0, 0.1) is 0 Å². The summed E-state index contributed by atoms with van der Waals surface area (Å²) in [5.74, 6) is -0.0120. The molecule has 2 heteroatoms. The molecule has 0 spiro atoms. The predicted octanol–water partition coefficient (Wildman–Crippen LogP) is 5.42. The zero-order valence-electron chi connectivity index (χ0n) is 12.8. The van der Waals surface area contributed by atoms with Gasteiger partial charge in [-0.05, 0) is 25.7 Å². The van der Waals surface area contributed by atoms with Gasteiger partial charge in [0.05, 0.1) is 6.61 Å². The lowest BCUT2D eigenvalue weighted by molar-refractivity contribution is -0.143. The molecule has 0 fully saturated rings. The minimum Gasteiger partial charge on any atom is -0.466 e. The molecule has 0 aliphatic heterocycles. The van der Waals surface area contributed by atoms with Crippen molar-refractivity contribution >= 4 is 5.97 Å². The average Bonchev–Trinajstić information content (AvgIpc) is 2.42. The van der Waals surface area contributed by atoms with Gasteiger partial charge >= 0.3 is 5.97 Å². The summed E-state index contributed by atoms with van der Waals surface area (Å²) in [6, 6.07) is 0. The number of esters is 1. The van der Waals surface area contributed by atoms with Crippen LogP contribution in [0.4, 0.5) is 0 Å². The molecule has 0 amide bonds. The molecule has 112 valence electrons. The maximum atomic E-state index is 11.4. The van der Waals surface area contributed by atoms with Gasteiger partial charge in [-0.15, -0.1) is 6.58 Å². The van der Waals surface area contributed by atoms with E-state index in [1.165, 1.54) is 38.5 Å². The third kappa shape index (κ3) is 15.2. The van der Waals surface area contributed by atoms with E-state index < -0.39 is 0 Å². The molecule has 2 nitrogen and oxygen atoms in total. The molecular weight excluding hydrogens is 236 g/mol. The van der Waals surface area contributed by atoms with Gasteiger partial charge in [0, 0.05) is 6.42 Å². The lowest BCUT2D eigenvalue weighted by Crippen LogP contribution is -2.05. The van der Waals surface area contributed by atoms with Crippen molar-refractivity contribution in [3.05, 3.63) is 12.7 Å². The summed E-state index contributed by atoms with van der Waals surface area (Å²) in [7, 11) is 0. The van der Waals surface area contributed by atoms with Gasteiger partial charge in [-0.25, -0.2) is 0 Å². The van der Waals surface area contributed by atoms with Crippen LogP contribution in [-0.4, -0.2) is 12.6 Å². The topological polar surface area (TPSA) is 26.3 Å². The largest absolute Gasteiger partial charge is 0.466 e. The highest BCUT2D eigenvalue weighted by Gasteiger charge is 2.01. The van der Waals surface area contributed by atoms with Crippen LogP contribution in [0.15, 0.2) is 12.7 Å². The summed E-state index contributed by atoms with van der Waals surface area (Å²) in [5, 5.41) is 0. The Bertz CT molecular complexity index is 211. The molecule has 0 saturated heterocycles. The number of hydrogen-bond acceptors (Lipinski definition) is 2. The molecule has 0 heterocycles. The van der Waals surface area contributed by atoms with E-state index in [0.717, 1.165) is 32.1 Å². The van der Waals surface area contributed by atoms with Crippen LogP contribution in [0.25, 0.3) is 0 Å². The number of ether oxygens (including phenoxy) is 1. The van der Waals surface area contributed by atoms with Crippen LogP contribution in [0.2, 0.25) is 0 Å². The summed E-state index contributed by atoms with van der Waals surface area (Å²) in [6.45, 7) is 6.48. The van der Waals surface area contributed by atoms with Gasteiger partial charge in [0.2, 0.25) is 0 Å². The summed E-state index contributed by atoms with van der Waals surface area (Å²) < 4.78 is 5.17. The van der Waals surface area contributed by atoms with Crippen LogP contribution in [-0.2, 0) is 9.53 Å². The molecule has 0 atom stereocenters. The standard InChI is InChI=1S/C17H32O2/c1-3-5-7-8-9-10-11-12-13-15-17(18)19-16-14-6-4-2/h3H,1,4-16H2,2H3. The Morgan fingerprint density at radius 2 is 1.58 bits per heavy atom.